The van der Waals surface area contributed by atoms with Crippen molar-refractivity contribution in [2.75, 3.05) is 13.6 Å². The highest BCUT2D eigenvalue weighted by Crippen LogP contribution is 2.16. The largest absolute Gasteiger partial charge is 0.387 e. The van der Waals surface area contributed by atoms with Crippen molar-refractivity contribution in [3.63, 3.8) is 0 Å². The lowest BCUT2D eigenvalue weighted by atomic mass is 10.1. The Kier molecular flexibility index (Phi) is 4.47. The second kappa shape index (κ2) is 6.69. The fourth-order valence-corrected chi connectivity index (χ4v) is 2.66. The highest BCUT2D eigenvalue weighted by atomic mass is 16.3. The number of fused-ring (bicyclic) bond motifs is 1. The normalized spacial score (nSPS) is 12.7. The summed E-state index contributed by atoms with van der Waals surface area (Å²) in [6, 6.07) is 20.0. The van der Waals surface area contributed by atoms with Gasteiger partial charge in [0.05, 0.1) is 11.6 Å². The van der Waals surface area contributed by atoms with Crippen molar-refractivity contribution in [3.05, 3.63) is 78.0 Å². The molecule has 1 unspecified atom stereocenters. The predicted molar refractivity (Wildman–Crippen MR) is 89.5 cm³/mol. The monoisotopic (exact) mass is 292 g/mol. The molecular weight excluding hydrogens is 272 g/mol. The zero-order chi connectivity index (χ0) is 15.4. The summed E-state index contributed by atoms with van der Waals surface area (Å²) in [6.45, 7) is 1.36. The Bertz CT molecular complexity index is 743. The standard InChI is InChI=1S/C19H20N2O/c1-21(14-19(22)16-7-3-2-4-8-16)13-15-11-17-9-5-6-10-18(17)20-12-15/h2-12,19,22H,13-14H2,1H3. The molecule has 0 fully saturated rings. The quantitative estimate of drug-likeness (QED) is 0.783. The lowest BCUT2D eigenvalue weighted by Gasteiger charge is -2.21. The van der Waals surface area contributed by atoms with Crippen molar-refractivity contribution in [1.29, 1.82) is 0 Å². The maximum Gasteiger partial charge on any atom is 0.0916 e. The van der Waals surface area contributed by atoms with Gasteiger partial charge in [0.25, 0.3) is 0 Å². The molecule has 3 heteroatoms. The van der Waals surface area contributed by atoms with Gasteiger partial charge in [-0.1, -0.05) is 48.5 Å². The Morgan fingerprint density at radius 2 is 1.77 bits per heavy atom. The minimum absolute atomic E-state index is 0.473. The van der Waals surface area contributed by atoms with Crippen LogP contribution >= 0.6 is 0 Å². The van der Waals surface area contributed by atoms with E-state index in [1.54, 1.807) is 0 Å². The van der Waals surface area contributed by atoms with Gasteiger partial charge >= 0.3 is 0 Å². The number of aliphatic hydroxyl groups excluding tert-OH is 1. The van der Waals surface area contributed by atoms with Crippen LogP contribution in [0.25, 0.3) is 10.9 Å². The first-order valence-electron chi connectivity index (χ1n) is 7.47. The van der Waals surface area contributed by atoms with E-state index in [0.29, 0.717) is 6.54 Å². The van der Waals surface area contributed by atoms with E-state index in [1.165, 1.54) is 0 Å². The molecular formula is C19H20N2O. The van der Waals surface area contributed by atoms with E-state index in [9.17, 15) is 5.11 Å². The van der Waals surface area contributed by atoms with Crippen LogP contribution in [0.15, 0.2) is 66.9 Å². The topological polar surface area (TPSA) is 36.4 Å². The summed E-state index contributed by atoms with van der Waals surface area (Å²) in [5.74, 6) is 0. The summed E-state index contributed by atoms with van der Waals surface area (Å²) in [5.41, 5.74) is 3.12. The predicted octanol–water partition coefficient (Wildman–Crippen LogP) is 3.40. The molecule has 0 bridgehead atoms. The molecule has 0 aliphatic rings. The van der Waals surface area contributed by atoms with Crippen LogP contribution in [0.4, 0.5) is 0 Å². The Morgan fingerprint density at radius 3 is 2.59 bits per heavy atom. The minimum Gasteiger partial charge on any atom is -0.387 e. The second-order valence-electron chi connectivity index (χ2n) is 5.66. The number of nitrogens with zero attached hydrogens (tertiary/aromatic N) is 2. The Balaban J connectivity index is 1.66. The summed E-state index contributed by atoms with van der Waals surface area (Å²) in [7, 11) is 2.02. The van der Waals surface area contributed by atoms with Gasteiger partial charge in [0.1, 0.15) is 0 Å². The number of para-hydroxylation sites is 1. The second-order valence-corrected chi connectivity index (χ2v) is 5.66. The summed E-state index contributed by atoms with van der Waals surface area (Å²) in [4.78, 5) is 6.60. The third kappa shape index (κ3) is 3.50. The molecule has 0 saturated heterocycles. The molecule has 0 saturated carbocycles. The van der Waals surface area contributed by atoms with Gasteiger partial charge in [-0.15, -0.1) is 0 Å². The average Bonchev–Trinajstić information content (AvgIpc) is 2.55. The smallest absolute Gasteiger partial charge is 0.0916 e. The van der Waals surface area contributed by atoms with Crippen LogP contribution in [0.1, 0.15) is 17.2 Å². The zero-order valence-corrected chi connectivity index (χ0v) is 12.7. The number of likely N-dealkylation sites (N-methyl/N-ethyl adjacent to an activating group) is 1. The molecule has 112 valence electrons. The summed E-state index contributed by atoms with van der Waals surface area (Å²) in [5, 5.41) is 11.4. The molecule has 0 aliphatic heterocycles. The van der Waals surface area contributed by atoms with Crippen molar-refractivity contribution < 1.29 is 5.11 Å². The molecule has 0 spiro atoms. The molecule has 0 aliphatic carbocycles. The lowest BCUT2D eigenvalue weighted by molar-refractivity contribution is 0.124. The van der Waals surface area contributed by atoms with Gasteiger partial charge in [-0.25, -0.2) is 0 Å². The number of rotatable bonds is 5. The van der Waals surface area contributed by atoms with Crippen LogP contribution in [0.2, 0.25) is 0 Å². The fourth-order valence-electron chi connectivity index (χ4n) is 2.66. The number of hydrogen-bond donors (Lipinski definition) is 1. The zero-order valence-electron chi connectivity index (χ0n) is 12.7. The van der Waals surface area contributed by atoms with Gasteiger partial charge in [-0.3, -0.25) is 9.88 Å². The Morgan fingerprint density at radius 1 is 1.05 bits per heavy atom. The first kappa shape index (κ1) is 14.7. The van der Waals surface area contributed by atoms with E-state index in [1.807, 2.05) is 61.8 Å². The minimum atomic E-state index is -0.473. The number of aromatic nitrogens is 1. The number of hydrogen-bond acceptors (Lipinski definition) is 3. The van der Waals surface area contributed by atoms with Gasteiger partial charge in [-0.05, 0) is 30.3 Å². The molecule has 0 radical (unpaired) electrons. The Labute approximate surface area is 130 Å². The van der Waals surface area contributed by atoms with Crippen LogP contribution < -0.4 is 0 Å². The van der Waals surface area contributed by atoms with E-state index >= 15 is 0 Å². The summed E-state index contributed by atoms with van der Waals surface area (Å²) in [6.07, 6.45) is 1.44. The molecule has 1 heterocycles. The van der Waals surface area contributed by atoms with Crippen LogP contribution in [-0.4, -0.2) is 28.6 Å². The third-order valence-corrected chi connectivity index (χ3v) is 3.77. The van der Waals surface area contributed by atoms with Crippen molar-refractivity contribution in [2.24, 2.45) is 0 Å². The van der Waals surface area contributed by atoms with Gasteiger partial charge in [0.2, 0.25) is 0 Å². The molecule has 22 heavy (non-hydrogen) atoms. The van der Waals surface area contributed by atoms with Gasteiger partial charge in [0, 0.05) is 24.7 Å². The highest BCUT2D eigenvalue weighted by Gasteiger charge is 2.11. The highest BCUT2D eigenvalue weighted by molar-refractivity contribution is 5.78. The van der Waals surface area contributed by atoms with Gasteiger partial charge < -0.3 is 5.11 Å². The van der Waals surface area contributed by atoms with Crippen molar-refractivity contribution in [2.45, 2.75) is 12.6 Å². The SMILES string of the molecule is CN(Cc1cnc2ccccc2c1)CC(O)c1ccccc1. The van der Waals surface area contributed by atoms with Crippen molar-refractivity contribution in [1.82, 2.24) is 9.88 Å². The van der Waals surface area contributed by atoms with Crippen LogP contribution in [0, 0.1) is 0 Å². The maximum absolute atomic E-state index is 10.3. The third-order valence-electron chi connectivity index (χ3n) is 3.77. The van der Waals surface area contributed by atoms with Crippen LogP contribution in [-0.2, 0) is 6.54 Å². The van der Waals surface area contributed by atoms with E-state index in [4.69, 9.17) is 0 Å². The summed E-state index contributed by atoms with van der Waals surface area (Å²) >= 11 is 0. The Hall–Kier alpha value is -2.23. The molecule has 3 nitrogen and oxygen atoms in total. The first-order chi connectivity index (χ1) is 10.7. The number of aliphatic hydroxyl groups is 1. The fraction of sp³-hybridized carbons (Fsp3) is 0.211. The maximum atomic E-state index is 10.3. The van der Waals surface area contributed by atoms with Crippen molar-refractivity contribution in [3.8, 4) is 0 Å². The van der Waals surface area contributed by atoms with E-state index in [-0.39, 0.29) is 0 Å². The van der Waals surface area contributed by atoms with E-state index < -0.39 is 6.10 Å². The number of pyridine rings is 1. The molecule has 1 N–H and O–H groups in total. The molecule has 0 amide bonds. The van der Waals surface area contributed by atoms with E-state index in [2.05, 4.69) is 22.0 Å². The molecule has 1 aromatic heterocycles. The molecule has 2 aromatic carbocycles. The van der Waals surface area contributed by atoms with Crippen LogP contribution in [0.3, 0.4) is 0 Å². The van der Waals surface area contributed by atoms with E-state index in [0.717, 1.165) is 28.6 Å². The van der Waals surface area contributed by atoms with Gasteiger partial charge in [-0.2, -0.15) is 0 Å². The lowest BCUT2D eigenvalue weighted by Crippen LogP contribution is -2.24. The van der Waals surface area contributed by atoms with Gasteiger partial charge in [0.15, 0.2) is 0 Å². The average molecular weight is 292 g/mol. The molecule has 1 atom stereocenters. The van der Waals surface area contributed by atoms with Crippen molar-refractivity contribution >= 4 is 10.9 Å². The molecule has 3 rings (SSSR count). The summed E-state index contributed by atoms with van der Waals surface area (Å²) < 4.78 is 0. The molecule has 3 aromatic rings. The van der Waals surface area contributed by atoms with Crippen LogP contribution in [0.5, 0.6) is 0 Å². The first-order valence-corrected chi connectivity index (χ1v) is 7.47. The number of benzene rings is 2.